The van der Waals surface area contributed by atoms with Crippen molar-refractivity contribution in [1.82, 2.24) is 0 Å². The number of rotatable bonds is 6. The van der Waals surface area contributed by atoms with Crippen LogP contribution in [0.2, 0.25) is 0 Å². The average molecular weight is 681 g/mol. The molecule has 0 bridgehead atoms. The van der Waals surface area contributed by atoms with E-state index in [1.54, 1.807) is 24.3 Å². The molecule has 0 spiro atoms. The van der Waals surface area contributed by atoms with Crippen molar-refractivity contribution in [3.8, 4) is 0 Å². The SMILES string of the molecule is O=C1[C@@H]2[C@H](C(=O)N1c1cccc(N3C(=O)[C@H]4[C@H](C3=O)[C@H](c3ccccc3)C=C[C@@H]4c3ccccc3)c1)[C@H](c1ccccc1)C=C[C@@H]2c1ccccc1. The van der Waals surface area contributed by atoms with E-state index < -0.39 is 23.7 Å². The van der Waals surface area contributed by atoms with Crippen LogP contribution < -0.4 is 9.80 Å². The first-order chi connectivity index (χ1) is 25.5. The number of anilines is 2. The molecule has 8 atom stereocenters. The summed E-state index contributed by atoms with van der Waals surface area (Å²) >= 11 is 0. The van der Waals surface area contributed by atoms with Crippen molar-refractivity contribution >= 4 is 35.0 Å². The molecule has 2 aliphatic heterocycles. The minimum absolute atomic E-state index is 0.280. The largest absolute Gasteiger partial charge is 0.274 e. The van der Waals surface area contributed by atoms with Crippen molar-refractivity contribution in [2.24, 2.45) is 23.7 Å². The lowest BCUT2D eigenvalue weighted by atomic mass is 9.68. The first-order valence-corrected chi connectivity index (χ1v) is 17.9. The number of hydrogen-bond acceptors (Lipinski definition) is 4. The fraction of sp³-hybridized carbons (Fsp3) is 0.174. The average Bonchev–Trinajstić information content (AvgIpc) is 3.63. The van der Waals surface area contributed by atoms with E-state index in [1.165, 1.54) is 9.80 Å². The molecule has 2 heterocycles. The Kier molecular flexibility index (Phi) is 7.88. The normalized spacial score (nSPS) is 27.9. The van der Waals surface area contributed by atoms with Gasteiger partial charge in [0.15, 0.2) is 0 Å². The van der Waals surface area contributed by atoms with Crippen molar-refractivity contribution < 1.29 is 19.2 Å². The van der Waals surface area contributed by atoms with E-state index in [4.69, 9.17) is 0 Å². The third-order valence-corrected chi connectivity index (χ3v) is 11.5. The summed E-state index contributed by atoms with van der Waals surface area (Å²) in [5.74, 6) is -4.70. The van der Waals surface area contributed by atoms with Crippen LogP contribution in [0.25, 0.3) is 0 Å². The third-order valence-electron chi connectivity index (χ3n) is 11.5. The Balaban J connectivity index is 1.10. The van der Waals surface area contributed by atoms with Crippen LogP contribution in [0.3, 0.4) is 0 Å². The van der Waals surface area contributed by atoms with E-state index in [0.717, 1.165) is 22.3 Å². The number of hydrogen-bond donors (Lipinski definition) is 0. The summed E-state index contributed by atoms with van der Waals surface area (Å²) in [6, 6.07) is 46.2. The van der Waals surface area contributed by atoms with Gasteiger partial charge in [0.2, 0.25) is 23.6 Å². The van der Waals surface area contributed by atoms with Crippen molar-refractivity contribution in [3.05, 3.63) is 192 Å². The van der Waals surface area contributed by atoms with Gasteiger partial charge in [0.1, 0.15) is 0 Å². The monoisotopic (exact) mass is 680 g/mol. The highest BCUT2D eigenvalue weighted by Gasteiger charge is 2.57. The van der Waals surface area contributed by atoms with Crippen LogP contribution in [0.4, 0.5) is 11.4 Å². The smallest absolute Gasteiger partial charge is 0.238 e. The number of amides is 4. The van der Waals surface area contributed by atoms with Gasteiger partial charge in [-0.05, 0) is 40.5 Å². The fourth-order valence-corrected chi connectivity index (χ4v) is 9.15. The second-order valence-corrected chi connectivity index (χ2v) is 14.2. The predicted molar refractivity (Wildman–Crippen MR) is 200 cm³/mol. The maximum absolute atomic E-state index is 14.6. The maximum Gasteiger partial charge on any atom is 0.238 e. The van der Waals surface area contributed by atoms with E-state index >= 15 is 0 Å². The minimum atomic E-state index is -0.615. The maximum atomic E-state index is 14.6. The molecule has 6 heteroatoms. The van der Waals surface area contributed by atoms with E-state index in [1.807, 2.05) is 121 Å². The highest BCUT2D eigenvalue weighted by atomic mass is 16.2. The van der Waals surface area contributed by atoms with Gasteiger partial charge in [-0.1, -0.05) is 152 Å². The minimum Gasteiger partial charge on any atom is -0.274 e. The van der Waals surface area contributed by atoms with Crippen LogP contribution >= 0.6 is 0 Å². The van der Waals surface area contributed by atoms with Gasteiger partial charge >= 0.3 is 0 Å². The number of allylic oxidation sites excluding steroid dienone is 4. The summed E-state index contributed by atoms with van der Waals surface area (Å²) in [5, 5.41) is 0. The third kappa shape index (κ3) is 5.09. The molecule has 0 radical (unpaired) electrons. The molecular formula is C46H36N2O4. The molecule has 0 saturated carbocycles. The van der Waals surface area contributed by atoms with Crippen LogP contribution in [0.15, 0.2) is 170 Å². The molecule has 6 nitrogen and oxygen atoms in total. The second-order valence-electron chi connectivity index (χ2n) is 14.2. The molecule has 2 fully saturated rings. The standard InChI is InChI=1S/C46H36N2O4/c49-43-39-35(29-14-5-1-6-15-29)24-25-36(30-16-7-2-8-17-30)40(39)44(50)47(43)33-22-13-23-34(28-33)48-45(51)41-37(31-18-9-3-10-19-31)26-27-38(42(41)46(48)52)32-20-11-4-12-21-32/h1-28,35-42H/t35-,36+,37-,38+,39-,40-,41+,42-/m1/s1. The Morgan fingerprint density at radius 3 is 0.808 bits per heavy atom. The van der Waals surface area contributed by atoms with E-state index in [-0.39, 0.29) is 47.3 Å². The lowest BCUT2D eigenvalue weighted by Crippen LogP contribution is -2.33. The zero-order valence-corrected chi connectivity index (χ0v) is 28.3. The Bertz CT molecular complexity index is 1940. The molecule has 0 unspecified atom stereocenters. The molecular weight excluding hydrogens is 645 g/mol. The summed E-state index contributed by atoms with van der Waals surface area (Å²) in [4.78, 5) is 60.9. The summed E-state index contributed by atoms with van der Waals surface area (Å²) in [7, 11) is 0. The summed E-state index contributed by atoms with van der Waals surface area (Å²) < 4.78 is 0. The van der Waals surface area contributed by atoms with Crippen molar-refractivity contribution in [2.75, 3.05) is 9.80 Å². The summed E-state index contributed by atoms with van der Waals surface area (Å²) in [6.45, 7) is 0. The first-order valence-electron chi connectivity index (χ1n) is 17.9. The Labute approximate surface area is 302 Å². The zero-order valence-electron chi connectivity index (χ0n) is 28.3. The van der Waals surface area contributed by atoms with Crippen molar-refractivity contribution in [1.29, 1.82) is 0 Å². The lowest BCUT2D eigenvalue weighted by molar-refractivity contribution is -0.124. The fourth-order valence-electron chi connectivity index (χ4n) is 9.15. The number of carbonyl (C=O) groups excluding carboxylic acids is 4. The number of carbonyl (C=O) groups is 4. The lowest BCUT2D eigenvalue weighted by Gasteiger charge is -2.32. The summed E-state index contributed by atoms with van der Waals surface area (Å²) in [5.41, 5.74) is 4.61. The van der Waals surface area contributed by atoms with E-state index in [0.29, 0.717) is 11.4 Å². The first kappa shape index (κ1) is 31.8. The molecule has 5 aromatic carbocycles. The van der Waals surface area contributed by atoms with Gasteiger partial charge in [0, 0.05) is 23.7 Å². The topological polar surface area (TPSA) is 74.8 Å². The molecule has 0 aromatic heterocycles. The molecule has 9 rings (SSSR count). The number of imide groups is 2. The Hall–Kier alpha value is -6.14. The van der Waals surface area contributed by atoms with Gasteiger partial charge in [0.25, 0.3) is 0 Å². The molecule has 4 aliphatic rings. The molecule has 4 amide bonds. The van der Waals surface area contributed by atoms with Gasteiger partial charge in [-0.3, -0.25) is 19.2 Å². The molecule has 5 aromatic rings. The molecule has 2 saturated heterocycles. The zero-order chi connectivity index (χ0) is 35.3. The highest BCUT2D eigenvalue weighted by Crippen LogP contribution is 2.52. The Morgan fingerprint density at radius 1 is 0.308 bits per heavy atom. The molecule has 2 aliphatic carbocycles. The Morgan fingerprint density at radius 2 is 0.558 bits per heavy atom. The number of fused-ring (bicyclic) bond motifs is 2. The second kappa shape index (κ2) is 12.9. The highest BCUT2D eigenvalue weighted by molar-refractivity contribution is 6.25. The van der Waals surface area contributed by atoms with Gasteiger partial charge in [-0.25, -0.2) is 9.80 Å². The van der Waals surface area contributed by atoms with Crippen LogP contribution in [0.5, 0.6) is 0 Å². The van der Waals surface area contributed by atoms with Crippen molar-refractivity contribution in [3.63, 3.8) is 0 Å². The molecule has 254 valence electrons. The van der Waals surface area contributed by atoms with Gasteiger partial charge in [0.05, 0.1) is 35.0 Å². The molecule has 0 N–H and O–H groups in total. The van der Waals surface area contributed by atoms with Crippen LogP contribution in [0.1, 0.15) is 45.9 Å². The number of nitrogens with zero attached hydrogens (tertiary/aromatic N) is 2. The van der Waals surface area contributed by atoms with Gasteiger partial charge in [-0.15, -0.1) is 0 Å². The van der Waals surface area contributed by atoms with E-state index in [9.17, 15) is 19.2 Å². The van der Waals surface area contributed by atoms with Crippen LogP contribution in [-0.4, -0.2) is 23.6 Å². The quantitative estimate of drug-likeness (QED) is 0.134. The van der Waals surface area contributed by atoms with Crippen LogP contribution in [-0.2, 0) is 19.2 Å². The van der Waals surface area contributed by atoms with Gasteiger partial charge < -0.3 is 0 Å². The van der Waals surface area contributed by atoms with E-state index in [2.05, 4.69) is 24.3 Å². The van der Waals surface area contributed by atoms with Crippen molar-refractivity contribution in [2.45, 2.75) is 23.7 Å². The number of benzene rings is 5. The predicted octanol–water partition coefficient (Wildman–Crippen LogP) is 8.17. The molecule has 52 heavy (non-hydrogen) atoms. The summed E-state index contributed by atoms with van der Waals surface area (Å²) in [6.07, 6.45) is 8.29. The van der Waals surface area contributed by atoms with Gasteiger partial charge in [-0.2, -0.15) is 0 Å². The van der Waals surface area contributed by atoms with Crippen LogP contribution in [0, 0.1) is 23.7 Å².